The van der Waals surface area contributed by atoms with Crippen LogP contribution in [-0.2, 0) is 13.0 Å². The fourth-order valence-corrected chi connectivity index (χ4v) is 3.32. The van der Waals surface area contributed by atoms with Crippen LogP contribution >= 0.6 is 11.5 Å². The molecule has 0 aliphatic carbocycles. The van der Waals surface area contributed by atoms with Crippen LogP contribution in [0, 0.1) is 5.82 Å². The van der Waals surface area contributed by atoms with E-state index in [-0.39, 0.29) is 11.4 Å². The summed E-state index contributed by atoms with van der Waals surface area (Å²) in [5.41, 5.74) is 1.26. The van der Waals surface area contributed by atoms with E-state index in [1.54, 1.807) is 10.0 Å². The number of halogens is 1. The summed E-state index contributed by atoms with van der Waals surface area (Å²) in [4.78, 5) is 12.1. The summed E-state index contributed by atoms with van der Waals surface area (Å²) < 4.78 is 15.6. The molecule has 20 heavy (non-hydrogen) atoms. The van der Waals surface area contributed by atoms with E-state index in [0.717, 1.165) is 17.5 Å². The largest absolute Gasteiger partial charge is 0.268 e. The highest BCUT2D eigenvalue weighted by Crippen LogP contribution is 2.18. The van der Waals surface area contributed by atoms with Crippen LogP contribution in [0.15, 0.2) is 53.3 Å². The zero-order valence-corrected chi connectivity index (χ0v) is 11.7. The second kappa shape index (κ2) is 5.59. The van der Waals surface area contributed by atoms with E-state index in [9.17, 15) is 9.18 Å². The molecule has 0 spiro atoms. The predicted octanol–water partition coefficient (Wildman–Crippen LogP) is 3.83. The minimum Gasteiger partial charge on any atom is -0.268 e. The van der Waals surface area contributed by atoms with Crippen LogP contribution in [0.5, 0.6) is 0 Å². The Bertz CT molecular complexity index is 776. The molecule has 0 amide bonds. The molecule has 2 aromatic carbocycles. The molecular weight excluding hydrogens is 273 g/mol. The third-order valence-electron chi connectivity index (χ3n) is 3.28. The first-order chi connectivity index (χ1) is 9.74. The quantitative estimate of drug-likeness (QED) is 0.714. The van der Waals surface area contributed by atoms with Crippen molar-refractivity contribution >= 4 is 21.6 Å². The second-order valence-electron chi connectivity index (χ2n) is 4.73. The number of aromatic nitrogens is 1. The number of aryl methyl sites for hydroxylation is 2. The zero-order valence-electron chi connectivity index (χ0n) is 10.9. The Morgan fingerprint density at radius 2 is 1.90 bits per heavy atom. The first-order valence-electron chi connectivity index (χ1n) is 6.57. The summed E-state index contributed by atoms with van der Waals surface area (Å²) in [6.07, 6.45) is 1.84. The van der Waals surface area contributed by atoms with Gasteiger partial charge in [-0.05, 0) is 36.6 Å². The third-order valence-corrected chi connectivity index (χ3v) is 4.38. The van der Waals surface area contributed by atoms with Crippen molar-refractivity contribution in [1.29, 1.82) is 0 Å². The topological polar surface area (TPSA) is 22.0 Å². The summed E-state index contributed by atoms with van der Waals surface area (Å²) in [5.74, 6) is -0.296. The molecule has 102 valence electrons. The highest BCUT2D eigenvalue weighted by Gasteiger charge is 2.08. The van der Waals surface area contributed by atoms with Gasteiger partial charge in [-0.2, -0.15) is 0 Å². The molecule has 1 aromatic heterocycles. The number of nitrogens with zero attached hydrogens (tertiary/aromatic N) is 1. The summed E-state index contributed by atoms with van der Waals surface area (Å²) in [6.45, 7) is 0.675. The van der Waals surface area contributed by atoms with Crippen LogP contribution in [-0.4, -0.2) is 3.96 Å². The van der Waals surface area contributed by atoms with Crippen molar-refractivity contribution < 1.29 is 4.39 Å². The predicted molar refractivity (Wildman–Crippen MR) is 80.8 cm³/mol. The molecule has 0 radical (unpaired) electrons. The maximum atomic E-state index is 13.1. The van der Waals surface area contributed by atoms with Crippen LogP contribution in [0.4, 0.5) is 4.39 Å². The van der Waals surface area contributed by atoms with Gasteiger partial charge in [-0.3, -0.25) is 8.75 Å². The third kappa shape index (κ3) is 2.65. The van der Waals surface area contributed by atoms with E-state index in [0.29, 0.717) is 11.9 Å². The molecule has 0 aliphatic rings. The van der Waals surface area contributed by atoms with Crippen LogP contribution in [0.2, 0.25) is 0 Å². The first-order valence-corrected chi connectivity index (χ1v) is 7.35. The Kier molecular flexibility index (Phi) is 3.65. The Morgan fingerprint density at radius 3 is 2.70 bits per heavy atom. The molecular formula is C16H14FNOS. The van der Waals surface area contributed by atoms with E-state index < -0.39 is 0 Å². The highest BCUT2D eigenvalue weighted by molar-refractivity contribution is 7.13. The molecule has 0 N–H and O–H groups in total. The smallest absolute Gasteiger partial charge is 0.268 e. The minimum absolute atomic E-state index is 0.0157. The van der Waals surface area contributed by atoms with Crippen LogP contribution in [0.25, 0.3) is 10.1 Å². The van der Waals surface area contributed by atoms with Crippen LogP contribution in [0.1, 0.15) is 12.0 Å². The summed E-state index contributed by atoms with van der Waals surface area (Å²) >= 11 is 1.34. The Morgan fingerprint density at radius 1 is 1.10 bits per heavy atom. The van der Waals surface area contributed by atoms with Gasteiger partial charge in [-0.1, -0.05) is 41.9 Å². The molecule has 0 fully saturated rings. The summed E-state index contributed by atoms with van der Waals surface area (Å²) in [5, 5.41) is 0.608. The number of hydrogen-bond acceptors (Lipinski definition) is 2. The normalized spacial score (nSPS) is 11.1. The maximum Gasteiger partial charge on any atom is 0.268 e. The standard InChI is InChI=1S/C16H14FNOS/c17-13-8-9-14-15(11-13)20-18(16(14)19)10-4-7-12-5-2-1-3-6-12/h1-3,5-6,8-9,11H,4,7,10H2. The SMILES string of the molecule is O=c1c2ccc(F)cc2sn1CCCc1ccccc1. The molecule has 0 saturated heterocycles. The van der Waals surface area contributed by atoms with E-state index in [1.165, 1.54) is 29.2 Å². The van der Waals surface area contributed by atoms with Gasteiger partial charge in [-0.25, -0.2) is 4.39 Å². The van der Waals surface area contributed by atoms with Crippen molar-refractivity contribution in [3.8, 4) is 0 Å². The molecule has 1 heterocycles. The van der Waals surface area contributed by atoms with Gasteiger partial charge in [0, 0.05) is 6.54 Å². The summed E-state index contributed by atoms with van der Waals surface area (Å²) in [7, 11) is 0. The lowest BCUT2D eigenvalue weighted by Crippen LogP contribution is -2.13. The number of hydrogen-bond donors (Lipinski definition) is 0. The Hall–Kier alpha value is -1.94. The average molecular weight is 287 g/mol. The van der Waals surface area contributed by atoms with Gasteiger partial charge >= 0.3 is 0 Å². The lowest BCUT2D eigenvalue weighted by Gasteiger charge is -2.01. The second-order valence-corrected chi connectivity index (χ2v) is 5.79. The van der Waals surface area contributed by atoms with Crippen molar-refractivity contribution in [3.05, 3.63) is 70.3 Å². The monoisotopic (exact) mass is 287 g/mol. The van der Waals surface area contributed by atoms with Crippen LogP contribution < -0.4 is 5.56 Å². The van der Waals surface area contributed by atoms with Gasteiger partial charge in [0.05, 0.1) is 10.1 Å². The molecule has 3 aromatic rings. The Labute approximate surface area is 120 Å². The number of fused-ring (bicyclic) bond motifs is 1. The first kappa shape index (κ1) is 13.1. The molecule has 0 saturated carbocycles. The van der Waals surface area contributed by atoms with E-state index in [4.69, 9.17) is 0 Å². The van der Waals surface area contributed by atoms with Gasteiger partial charge in [0.2, 0.25) is 0 Å². The minimum atomic E-state index is -0.296. The lowest BCUT2D eigenvalue weighted by atomic mass is 10.1. The fourth-order valence-electron chi connectivity index (χ4n) is 2.26. The number of rotatable bonds is 4. The highest BCUT2D eigenvalue weighted by atomic mass is 32.1. The van der Waals surface area contributed by atoms with E-state index in [2.05, 4.69) is 12.1 Å². The molecule has 0 bridgehead atoms. The molecule has 4 heteroatoms. The van der Waals surface area contributed by atoms with Crippen molar-refractivity contribution in [1.82, 2.24) is 3.96 Å². The molecule has 0 aliphatic heterocycles. The van der Waals surface area contributed by atoms with E-state index >= 15 is 0 Å². The fraction of sp³-hybridized carbons (Fsp3) is 0.188. The van der Waals surface area contributed by atoms with Crippen molar-refractivity contribution in [2.24, 2.45) is 0 Å². The van der Waals surface area contributed by atoms with Gasteiger partial charge in [0.15, 0.2) is 0 Å². The molecule has 2 nitrogen and oxygen atoms in total. The van der Waals surface area contributed by atoms with Gasteiger partial charge in [-0.15, -0.1) is 0 Å². The molecule has 3 rings (SSSR count). The summed E-state index contributed by atoms with van der Waals surface area (Å²) in [6, 6.07) is 14.5. The van der Waals surface area contributed by atoms with Crippen molar-refractivity contribution in [2.75, 3.05) is 0 Å². The maximum absolute atomic E-state index is 13.1. The zero-order chi connectivity index (χ0) is 13.9. The van der Waals surface area contributed by atoms with Crippen LogP contribution in [0.3, 0.4) is 0 Å². The van der Waals surface area contributed by atoms with Crippen molar-refractivity contribution in [2.45, 2.75) is 19.4 Å². The van der Waals surface area contributed by atoms with Crippen molar-refractivity contribution in [3.63, 3.8) is 0 Å². The van der Waals surface area contributed by atoms with E-state index in [1.807, 2.05) is 18.2 Å². The van der Waals surface area contributed by atoms with Gasteiger partial charge < -0.3 is 0 Å². The number of benzene rings is 2. The van der Waals surface area contributed by atoms with Gasteiger partial charge in [0.25, 0.3) is 5.56 Å². The molecule has 0 unspecified atom stereocenters. The van der Waals surface area contributed by atoms with Gasteiger partial charge in [0.1, 0.15) is 5.82 Å². The Balaban J connectivity index is 1.75. The molecule has 0 atom stereocenters. The average Bonchev–Trinajstić information content (AvgIpc) is 2.76. The lowest BCUT2D eigenvalue weighted by molar-refractivity contribution is 0.630.